The van der Waals surface area contributed by atoms with Gasteiger partial charge in [0.2, 0.25) is 0 Å². The number of urea groups is 1. The number of nitrogens with zero attached hydrogens (tertiary/aromatic N) is 4. The number of fused-ring (bicyclic) bond motifs is 1. The number of hydrogen-bond donors (Lipinski definition) is 1. The standard InChI is InChI=1S/C16H17N5O/c1-3-12-6-4-7-13(10-12)20(2)16(22)19-14-11-18-21-9-5-8-17-15(14)21/h4-11H,3H2,1-2H3,(H,19,22). The largest absolute Gasteiger partial charge is 0.326 e. The van der Waals surface area contributed by atoms with Crippen LogP contribution in [-0.4, -0.2) is 27.7 Å². The summed E-state index contributed by atoms with van der Waals surface area (Å²) >= 11 is 0. The fourth-order valence-electron chi connectivity index (χ4n) is 2.22. The number of hydrogen-bond acceptors (Lipinski definition) is 3. The molecule has 3 rings (SSSR count). The van der Waals surface area contributed by atoms with E-state index in [0.29, 0.717) is 11.3 Å². The monoisotopic (exact) mass is 295 g/mol. The molecule has 0 atom stereocenters. The van der Waals surface area contributed by atoms with Gasteiger partial charge in [-0.25, -0.2) is 14.3 Å². The van der Waals surface area contributed by atoms with E-state index in [2.05, 4.69) is 22.3 Å². The number of carbonyl (C=O) groups is 1. The number of anilines is 2. The molecule has 3 aromatic rings. The van der Waals surface area contributed by atoms with Gasteiger partial charge >= 0.3 is 6.03 Å². The summed E-state index contributed by atoms with van der Waals surface area (Å²) in [7, 11) is 1.74. The Hall–Kier alpha value is -2.89. The highest BCUT2D eigenvalue weighted by Gasteiger charge is 2.14. The zero-order valence-electron chi connectivity index (χ0n) is 12.5. The Bertz CT molecular complexity index is 811. The average molecular weight is 295 g/mol. The maximum atomic E-state index is 12.4. The molecular formula is C16H17N5O. The highest BCUT2D eigenvalue weighted by molar-refractivity contribution is 6.03. The summed E-state index contributed by atoms with van der Waals surface area (Å²) < 4.78 is 1.62. The van der Waals surface area contributed by atoms with Crippen molar-refractivity contribution < 1.29 is 4.79 Å². The lowest BCUT2D eigenvalue weighted by molar-refractivity contribution is 0.258. The molecule has 0 unspecified atom stereocenters. The van der Waals surface area contributed by atoms with Crippen molar-refractivity contribution in [3.63, 3.8) is 0 Å². The van der Waals surface area contributed by atoms with E-state index in [1.165, 1.54) is 5.56 Å². The first-order valence-corrected chi connectivity index (χ1v) is 7.11. The van der Waals surface area contributed by atoms with E-state index in [4.69, 9.17) is 0 Å². The van der Waals surface area contributed by atoms with Gasteiger partial charge in [0.1, 0.15) is 5.69 Å². The number of rotatable bonds is 3. The van der Waals surface area contributed by atoms with Crippen LogP contribution in [0.4, 0.5) is 16.2 Å². The summed E-state index contributed by atoms with van der Waals surface area (Å²) in [6.07, 6.45) is 5.98. The van der Waals surface area contributed by atoms with Crippen LogP contribution in [0.2, 0.25) is 0 Å². The molecule has 0 aliphatic carbocycles. The van der Waals surface area contributed by atoms with Gasteiger partial charge < -0.3 is 5.32 Å². The number of carbonyl (C=O) groups excluding carboxylic acids is 1. The van der Waals surface area contributed by atoms with E-state index in [1.54, 1.807) is 41.1 Å². The predicted molar refractivity (Wildman–Crippen MR) is 86.2 cm³/mol. The number of nitrogens with one attached hydrogen (secondary N) is 1. The van der Waals surface area contributed by atoms with Crippen molar-refractivity contribution in [3.8, 4) is 0 Å². The van der Waals surface area contributed by atoms with Crippen LogP contribution >= 0.6 is 0 Å². The smallest absolute Gasteiger partial charge is 0.303 e. The molecule has 112 valence electrons. The molecule has 2 heterocycles. The van der Waals surface area contributed by atoms with Crippen LogP contribution in [0.15, 0.2) is 48.9 Å². The maximum Gasteiger partial charge on any atom is 0.326 e. The van der Waals surface area contributed by atoms with Crippen LogP contribution in [0, 0.1) is 0 Å². The molecule has 0 saturated heterocycles. The summed E-state index contributed by atoms with van der Waals surface area (Å²) in [5.74, 6) is 0. The molecule has 0 radical (unpaired) electrons. The fourth-order valence-corrected chi connectivity index (χ4v) is 2.22. The van der Waals surface area contributed by atoms with Gasteiger partial charge in [-0.1, -0.05) is 19.1 Å². The first kappa shape index (κ1) is 14.1. The zero-order valence-corrected chi connectivity index (χ0v) is 12.5. The van der Waals surface area contributed by atoms with Gasteiger partial charge in [0.25, 0.3) is 0 Å². The number of benzene rings is 1. The summed E-state index contributed by atoms with van der Waals surface area (Å²) in [6, 6.07) is 9.47. The first-order chi connectivity index (χ1) is 10.7. The van der Waals surface area contributed by atoms with Crippen molar-refractivity contribution in [2.45, 2.75) is 13.3 Å². The van der Waals surface area contributed by atoms with Crippen LogP contribution < -0.4 is 10.2 Å². The average Bonchev–Trinajstić information content (AvgIpc) is 2.97. The predicted octanol–water partition coefficient (Wildman–Crippen LogP) is 2.96. The van der Waals surface area contributed by atoms with Gasteiger partial charge in [0, 0.05) is 25.1 Å². The lowest BCUT2D eigenvalue weighted by atomic mass is 10.1. The summed E-state index contributed by atoms with van der Waals surface area (Å²) in [5, 5.41) is 6.99. The second-order valence-corrected chi connectivity index (χ2v) is 4.96. The van der Waals surface area contributed by atoms with Crippen LogP contribution in [0.5, 0.6) is 0 Å². The summed E-state index contributed by atoms with van der Waals surface area (Å²) in [4.78, 5) is 18.2. The van der Waals surface area contributed by atoms with Crippen LogP contribution in [0.1, 0.15) is 12.5 Å². The molecule has 0 fully saturated rings. The lowest BCUT2D eigenvalue weighted by Gasteiger charge is -2.18. The molecule has 0 aliphatic heterocycles. The quantitative estimate of drug-likeness (QED) is 0.808. The molecule has 2 aromatic heterocycles. The van der Waals surface area contributed by atoms with Crippen LogP contribution in [-0.2, 0) is 6.42 Å². The number of aryl methyl sites for hydroxylation is 1. The van der Waals surface area contributed by atoms with E-state index in [9.17, 15) is 4.79 Å². The van der Waals surface area contributed by atoms with Crippen molar-refractivity contribution in [2.24, 2.45) is 0 Å². The van der Waals surface area contributed by atoms with Gasteiger partial charge in [0.05, 0.1) is 6.20 Å². The van der Waals surface area contributed by atoms with Crippen LogP contribution in [0.25, 0.3) is 5.65 Å². The fraction of sp³-hybridized carbons (Fsp3) is 0.188. The topological polar surface area (TPSA) is 62.5 Å². The van der Waals surface area contributed by atoms with Gasteiger partial charge in [0.15, 0.2) is 5.65 Å². The Morgan fingerprint density at radius 3 is 3.05 bits per heavy atom. The molecule has 0 spiro atoms. The minimum atomic E-state index is -0.228. The minimum Gasteiger partial charge on any atom is -0.303 e. The highest BCUT2D eigenvalue weighted by Crippen LogP contribution is 2.18. The van der Waals surface area contributed by atoms with E-state index < -0.39 is 0 Å². The van der Waals surface area contributed by atoms with Crippen molar-refractivity contribution in [1.29, 1.82) is 0 Å². The summed E-state index contributed by atoms with van der Waals surface area (Å²) in [6.45, 7) is 2.09. The summed E-state index contributed by atoms with van der Waals surface area (Å²) in [5.41, 5.74) is 3.24. The Morgan fingerprint density at radius 2 is 2.23 bits per heavy atom. The van der Waals surface area contributed by atoms with E-state index in [0.717, 1.165) is 12.1 Å². The third-order valence-electron chi connectivity index (χ3n) is 3.53. The molecule has 0 bridgehead atoms. The Labute approximate surface area is 128 Å². The highest BCUT2D eigenvalue weighted by atomic mass is 16.2. The normalized spacial score (nSPS) is 10.6. The molecule has 6 nitrogen and oxygen atoms in total. The van der Waals surface area contributed by atoms with Crippen molar-refractivity contribution in [2.75, 3.05) is 17.3 Å². The van der Waals surface area contributed by atoms with E-state index in [1.807, 2.05) is 24.3 Å². The Balaban J connectivity index is 1.81. The van der Waals surface area contributed by atoms with Crippen molar-refractivity contribution >= 4 is 23.1 Å². The lowest BCUT2D eigenvalue weighted by Crippen LogP contribution is -2.31. The van der Waals surface area contributed by atoms with Gasteiger partial charge in [-0.2, -0.15) is 5.10 Å². The van der Waals surface area contributed by atoms with Gasteiger partial charge in [-0.05, 0) is 30.2 Å². The second kappa shape index (κ2) is 5.85. The Morgan fingerprint density at radius 1 is 1.36 bits per heavy atom. The minimum absolute atomic E-state index is 0.228. The van der Waals surface area contributed by atoms with Crippen molar-refractivity contribution in [3.05, 3.63) is 54.5 Å². The molecule has 1 aromatic carbocycles. The molecule has 22 heavy (non-hydrogen) atoms. The molecule has 0 saturated carbocycles. The SMILES string of the molecule is CCc1cccc(N(C)C(=O)Nc2cnn3cccnc23)c1. The molecule has 1 N–H and O–H groups in total. The second-order valence-electron chi connectivity index (χ2n) is 4.96. The molecular weight excluding hydrogens is 278 g/mol. The number of aromatic nitrogens is 3. The molecule has 0 aliphatic rings. The first-order valence-electron chi connectivity index (χ1n) is 7.11. The van der Waals surface area contributed by atoms with Crippen molar-refractivity contribution in [1.82, 2.24) is 14.6 Å². The van der Waals surface area contributed by atoms with E-state index in [-0.39, 0.29) is 6.03 Å². The van der Waals surface area contributed by atoms with Crippen LogP contribution in [0.3, 0.4) is 0 Å². The third-order valence-corrected chi connectivity index (χ3v) is 3.53. The van der Waals surface area contributed by atoms with Gasteiger partial charge in [-0.15, -0.1) is 0 Å². The zero-order chi connectivity index (χ0) is 15.5. The van der Waals surface area contributed by atoms with E-state index >= 15 is 0 Å². The molecule has 6 heteroatoms. The van der Waals surface area contributed by atoms with Gasteiger partial charge in [-0.3, -0.25) is 4.90 Å². The number of amides is 2. The molecule has 2 amide bonds. The third kappa shape index (κ3) is 2.63. The Kier molecular flexibility index (Phi) is 3.74. The maximum absolute atomic E-state index is 12.4.